The first-order chi connectivity index (χ1) is 11.5. The molecule has 0 atom stereocenters. The van der Waals surface area contributed by atoms with E-state index in [9.17, 15) is 35.9 Å². The van der Waals surface area contributed by atoms with Gasteiger partial charge >= 0.3 is 18.4 Å². The number of nitrogens with zero attached hydrogens (tertiary/aromatic N) is 1. The Kier molecular flexibility index (Phi) is 5.84. The van der Waals surface area contributed by atoms with Crippen LogP contribution in [0.3, 0.4) is 0 Å². The van der Waals surface area contributed by atoms with E-state index in [-0.39, 0.29) is 5.01 Å². The first kappa shape index (κ1) is 21.6. The predicted octanol–water partition coefficient (Wildman–Crippen LogP) is 4.24. The molecule has 0 aliphatic rings. The molecule has 1 rings (SSSR count). The molecule has 1 N–H and O–H groups in total. The lowest BCUT2D eigenvalue weighted by atomic mass is 9.99. The van der Waals surface area contributed by atoms with Crippen LogP contribution in [0, 0.1) is 0 Å². The summed E-state index contributed by atoms with van der Waals surface area (Å²) in [4.78, 5) is 23.8. The number of rotatable bonds is 1. The van der Waals surface area contributed by atoms with Gasteiger partial charge in [-0.3, -0.25) is 9.80 Å². The van der Waals surface area contributed by atoms with Crippen molar-refractivity contribution in [1.82, 2.24) is 10.4 Å². The summed E-state index contributed by atoms with van der Waals surface area (Å²) in [5.74, 6) is -1.70. The average molecular weight is 386 g/mol. The van der Waals surface area contributed by atoms with Gasteiger partial charge in [0.25, 0.3) is 5.91 Å². The van der Waals surface area contributed by atoms with Gasteiger partial charge in [-0.1, -0.05) is 6.07 Å². The van der Waals surface area contributed by atoms with Crippen molar-refractivity contribution in [2.45, 2.75) is 38.7 Å². The number of carbonyl (C=O) groups is 2. The molecule has 1 aromatic rings. The standard InChI is InChI=1S/C15H16F6N2O3/c1-13(2,3)26-12(25)22-23(4)11(24)10-8(14(16,17)18)6-5-7-9(10)15(19,20)21/h5-7H,1-4H3,(H,22,25). The Hall–Kier alpha value is -2.46. The fraction of sp³-hybridized carbons (Fsp3) is 0.467. The summed E-state index contributed by atoms with van der Waals surface area (Å²) in [5, 5.41) is 0.202. The summed E-state index contributed by atoms with van der Waals surface area (Å²) in [5.41, 5.74) is -4.37. The molecule has 2 amide bonds. The molecule has 0 heterocycles. The highest BCUT2D eigenvalue weighted by Gasteiger charge is 2.43. The van der Waals surface area contributed by atoms with Crippen molar-refractivity contribution in [2.24, 2.45) is 0 Å². The molecule has 0 aromatic heterocycles. The normalized spacial score (nSPS) is 12.5. The van der Waals surface area contributed by atoms with Crippen LogP contribution in [-0.4, -0.2) is 29.7 Å². The van der Waals surface area contributed by atoms with E-state index in [1.807, 2.05) is 0 Å². The molecule has 0 radical (unpaired) electrons. The number of alkyl halides is 6. The summed E-state index contributed by atoms with van der Waals surface area (Å²) in [7, 11) is 0.805. The fourth-order valence-electron chi connectivity index (χ4n) is 1.91. The van der Waals surface area contributed by atoms with Crippen molar-refractivity contribution >= 4 is 12.0 Å². The summed E-state index contributed by atoms with van der Waals surface area (Å²) in [6, 6.07) is 1.25. The van der Waals surface area contributed by atoms with Crippen molar-refractivity contribution in [1.29, 1.82) is 0 Å². The molecule has 11 heteroatoms. The number of carbonyl (C=O) groups excluding carboxylic acids is 2. The third-order valence-corrected chi connectivity index (χ3v) is 2.85. The van der Waals surface area contributed by atoms with Gasteiger partial charge in [-0.05, 0) is 32.9 Å². The molecular formula is C15H16F6N2O3. The summed E-state index contributed by atoms with van der Waals surface area (Å²) in [6.45, 7) is 4.44. The monoisotopic (exact) mass is 386 g/mol. The van der Waals surface area contributed by atoms with Crippen molar-refractivity contribution in [3.8, 4) is 0 Å². The van der Waals surface area contributed by atoms with Crippen LogP contribution in [-0.2, 0) is 17.1 Å². The third-order valence-electron chi connectivity index (χ3n) is 2.85. The molecule has 0 aliphatic carbocycles. The summed E-state index contributed by atoms with van der Waals surface area (Å²) < 4.78 is 83.3. The van der Waals surface area contributed by atoms with E-state index < -0.39 is 46.6 Å². The minimum Gasteiger partial charge on any atom is -0.443 e. The largest absolute Gasteiger partial charge is 0.443 e. The van der Waals surface area contributed by atoms with Gasteiger partial charge in [0.1, 0.15) is 5.60 Å². The van der Waals surface area contributed by atoms with Crippen molar-refractivity contribution in [3.05, 3.63) is 34.9 Å². The zero-order valence-corrected chi connectivity index (χ0v) is 14.2. The van der Waals surface area contributed by atoms with E-state index in [1.54, 1.807) is 5.43 Å². The van der Waals surface area contributed by atoms with Gasteiger partial charge in [0.15, 0.2) is 0 Å². The number of nitrogens with one attached hydrogen (secondary N) is 1. The van der Waals surface area contributed by atoms with Gasteiger partial charge < -0.3 is 4.74 Å². The highest BCUT2D eigenvalue weighted by molar-refractivity contribution is 5.98. The van der Waals surface area contributed by atoms with E-state index in [0.29, 0.717) is 18.2 Å². The number of amides is 2. The zero-order valence-electron chi connectivity index (χ0n) is 14.2. The molecule has 0 saturated carbocycles. The quantitative estimate of drug-likeness (QED) is 0.580. The number of hydrazine groups is 1. The number of halogens is 6. The molecule has 0 bridgehead atoms. The fourth-order valence-corrected chi connectivity index (χ4v) is 1.91. The molecule has 0 saturated heterocycles. The second kappa shape index (κ2) is 7.04. The first-order valence-corrected chi connectivity index (χ1v) is 7.09. The maximum atomic E-state index is 13.1. The number of ether oxygens (including phenoxy) is 1. The van der Waals surface area contributed by atoms with Gasteiger partial charge in [-0.2, -0.15) is 26.3 Å². The SMILES string of the molecule is CN(NC(=O)OC(C)(C)C)C(=O)c1c(C(F)(F)F)cccc1C(F)(F)F. The maximum Gasteiger partial charge on any atom is 0.426 e. The van der Waals surface area contributed by atoms with Gasteiger partial charge in [-0.25, -0.2) is 10.2 Å². The maximum absolute atomic E-state index is 13.1. The van der Waals surface area contributed by atoms with E-state index in [1.165, 1.54) is 20.8 Å². The average Bonchev–Trinajstić information content (AvgIpc) is 2.41. The minimum atomic E-state index is -5.21. The number of hydrogen-bond acceptors (Lipinski definition) is 3. The van der Waals surface area contributed by atoms with Crippen LogP contribution in [0.5, 0.6) is 0 Å². The van der Waals surface area contributed by atoms with Crippen LogP contribution in [0.1, 0.15) is 42.3 Å². The third kappa shape index (κ3) is 5.53. The Balaban J connectivity index is 3.31. The van der Waals surface area contributed by atoms with Crippen molar-refractivity contribution in [3.63, 3.8) is 0 Å². The first-order valence-electron chi connectivity index (χ1n) is 7.09. The number of hydrogen-bond donors (Lipinski definition) is 1. The van der Waals surface area contributed by atoms with E-state index in [0.717, 1.165) is 7.05 Å². The molecule has 26 heavy (non-hydrogen) atoms. The topological polar surface area (TPSA) is 58.6 Å². The highest BCUT2D eigenvalue weighted by Crippen LogP contribution is 2.39. The Morgan fingerprint density at radius 1 is 0.962 bits per heavy atom. The Labute approximate surface area is 144 Å². The Morgan fingerprint density at radius 2 is 1.38 bits per heavy atom. The van der Waals surface area contributed by atoms with Crippen LogP contribution in [0.4, 0.5) is 31.1 Å². The smallest absolute Gasteiger partial charge is 0.426 e. The summed E-state index contributed by atoms with van der Waals surface area (Å²) >= 11 is 0. The van der Waals surface area contributed by atoms with E-state index in [2.05, 4.69) is 0 Å². The molecule has 0 unspecified atom stereocenters. The van der Waals surface area contributed by atoms with Crippen LogP contribution in [0.15, 0.2) is 18.2 Å². The summed E-state index contributed by atoms with van der Waals surface area (Å²) in [6.07, 6.45) is -11.6. The van der Waals surface area contributed by atoms with Gasteiger partial charge in [-0.15, -0.1) is 0 Å². The van der Waals surface area contributed by atoms with Crippen LogP contribution < -0.4 is 5.43 Å². The zero-order chi connectivity index (χ0) is 20.5. The second-order valence-corrected chi connectivity index (χ2v) is 6.20. The minimum absolute atomic E-state index is 0.202. The van der Waals surface area contributed by atoms with Gasteiger partial charge in [0, 0.05) is 7.05 Å². The Morgan fingerprint density at radius 3 is 1.73 bits per heavy atom. The molecule has 146 valence electrons. The van der Waals surface area contributed by atoms with Crippen LogP contribution >= 0.6 is 0 Å². The lowest BCUT2D eigenvalue weighted by Gasteiger charge is -2.25. The number of benzene rings is 1. The van der Waals surface area contributed by atoms with Gasteiger partial charge in [0.2, 0.25) is 0 Å². The molecule has 0 aliphatic heterocycles. The molecular weight excluding hydrogens is 370 g/mol. The van der Waals surface area contributed by atoms with Crippen molar-refractivity contribution in [2.75, 3.05) is 7.05 Å². The molecule has 0 spiro atoms. The molecule has 5 nitrogen and oxygen atoms in total. The lowest BCUT2D eigenvalue weighted by Crippen LogP contribution is -2.46. The van der Waals surface area contributed by atoms with E-state index >= 15 is 0 Å². The van der Waals surface area contributed by atoms with Crippen molar-refractivity contribution < 1.29 is 40.7 Å². The second-order valence-electron chi connectivity index (χ2n) is 6.20. The predicted molar refractivity (Wildman–Crippen MR) is 77.9 cm³/mol. The van der Waals surface area contributed by atoms with Crippen LogP contribution in [0.25, 0.3) is 0 Å². The molecule has 0 fully saturated rings. The van der Waals surface area contributed by atoms with E-state index in [4.69, 9.17) is 4.74 Å². The Bertz CT molecular complexity index is 660. The molecule has 1 aromatic carbocycles. The lowest BCUT2D eigenvalue weighted by molar-refractivity contribution is -0.143. The highest BCUT2D eigenvalue weighted by atomic mass is 19.4. The van der Waals surface area contributed by atoms with Crippen LogP contribution in [0.2, 0.25) is 0 Å². The van der Waals surface area contributed by atoms with Gasteiger partial charge in [0.05, 0.1) is 16.7 Å².